The number of hydrogen-bond acceptors (Lipinski definition) is 3. The number of likely N-dealkylation sites (tertiary alicyclic amines) is 1. The van der Waals surface area contributed by atoms with Crippen LogP contribution < -0.4 is 4.90 Å². The summed E-state index contributed by atoms with van der Waals surface area (Å²) in [6.45, 7) is 2.46. The van der Waals surface area contributed by atoms with Gasteiger partial charge < -0.3 is 4.90 Å². The number of rotatable bonds is 4. The Morgan fingerprint density at radius 2 is 1.75 bits per heavy atom. The highest BCUT2D eigenvalue weighted by atomic mass is 16.1. The van der Waals surface area contributed by atoms with Crippen molar-refractivity contribution in [2.45, 2.75) is 13.0 Å². The maximum absolute atomic E-state index is 12.3. The number of hydrogen-bond donors (Lipinski definition) is 0. The molecule has 0 amide bonds. The lowest BCUT2D eigenvalue weighted by atomic mass is 9.99. The van der Waals surface area contributed by atoms with Gasteiger partial charge in [-0.3, -0.25) is 9.69 Å². The molecule has 0 bridgehead atoms. The van der Waals surface area contributed by atoms with Gasteiger partial charge in [-0.25, -0.2) is 0 Å². The molecule has 1 aliphatic rings. The molecule has 3 rings (SSSR count). The minimum Gasteiger partial charge on any atom is -0.378 e. The first-order chi connectivity index (χ1) is 11.6. The lowest BCUT2D eigenvalue weighted by Gasteiger charge is -2.27. The summed E-state index contributed by atoms with van der Waals surface area (Å²) < 4.78 is 0. The van der Waals surface area contributed by atoms with Gasteiger partial charge in [-0.1, -0.05) is 42.5 Å². The summed E-state index contributed by atoms with van der Waals surface area (Å²) in [6.07, 6.45) is 2.65. The minimum atomic E-state index is 0.274. The van der Waals surface area contributed by atoms with Crippen molar-refractivity contribution in [3.05, 3.63) is 71.3 Å². The summed E-state index contributed by atoms with van der Waals surface area (Å²) in [5.74, 6) is 0.274. The van der Waals surface area contributed by atoms with Crippen LogP contribution in [0.5, 0.6) is 0 Å². The third-order valence-electron chi connectivity index (χ3n) is 4.41. The fourth-order valence-electron chi connectivity index (χ4n) is 3.00. The number of Topliss-reactive ketones (excluding diaryl/α,β-unsaturated/α-hetero) is 1. The molecule has 1 heterocycles. The maximum Gasteiger partial charge on any atom is 0.161 e. The smallest absolute Gasteiger partial charge is 0.161 e. The number of carbonyl (C=O) groups is 1. The monoisotopic (exact) mass is 320 g/mol. The molecule has 3 heteroatoms. The Labute approximate surface area is 144 Å². The van der Waals surface area contributed by atoms with E-state index < -0.39 is 0 Å². The summed E-state index contributed by atoms with van der Waals surface area (Å²) in [4.78, 5) is 16.7. The van der Waals surface area contributed by atoms with Crippen LogP contribution in [0.4, 0.5) is 5.69 Å². The number of benzene rings is 2. The molecule has 0 N–H and O–H groups in total. The van der Waals surface area contributed by atoms with Crippen LogP contribution in [0.2, 0.25) is 0 Å². The van der Waals surface area contributed by atoms with Crippen molar-refractivity contribution < 1.29 is 4.79 Å². The first-order valence-electron chi connectivity index (χ1n) is 8.39. The highest BCUT2D eigenvalue weighted by molar-refractivity contribution is 6.00. The summed E-state index contributed by atoms with van der Waals surface area (Å²) in [6, 6.07) is 18.8. The van der Waals surface area contributed by atoms with E-state index in [2.05, 4.69) is 58.3 Å². The Kier molecular flexibility index (Phi) is 5.11. The lowest BCUT2D eigenvalue weighted by molar-refractivity contribution is -0.117. The molecule has 0 spiro atoms. The van der Waals surface area contributed by atoms with Crippen molar-refractivity contribution in [2.24, 2.45) is 0 Å². The third-order valence-corrected chi connectivity index (χ3v) is 4.41. The highest BCUT2D eigenvalue weighted by Crippen LogP contribution is 2.19. The van der Waals surface area contributed by atoms with Gasteiger partial charge >= 0.3 is 0 Å². The van der Waals surface area contributed by atoms with Gasteiger partial charge in [-0.15, -0.1) is 0 Å². The predicted molar refractivity (Wildman–Crippen MR) is 100 cm³/mol. The quantitative estimate of drug-likeness (QED) is 0.804. The average molecular weight is 320 g/mol. The largest absolute Gasteiger partial charge is 0.378 e. The van der Waals surface area contributed by atoms with Gasteiger partial charge in [-0.2, -0.15) is 0 Å². The molecule has 1 fully saturated rings. The summed E-state index contributed by atoms with van der Waals surface area (Å²) in [5, 5.41) is 0. The molecule has 24 heavy (non-hydrogen) atoms. The standard InChI is InChI=1S/C21H24N2O/c1-22(2)20-10-8-17(9-11-20)14-19-16-23(13-12-21(19)24)15-18-6-4-3-5-7-18/h3-11,14H,12-13,15-16H2,1-2H3/b19-14+. The molecule has 0 saturated carbocycles. The minimum absolute atomic E-state index is 0.274. The van der Waals surface area contributed by atoms with E-state index in [9.17, 15) is 4.79 Å². The number of carbonyl (C=O) groups excluding carboxylic acids is 1. The average Bonchev–Trinajstić information content (AvgIpc) is 2.59. The van der Waals surface area contributed by atoms with E-state index in [1.165, 1.54) is 5.56 Å². The van der Waals surface area contributed by atoms with E-state index in [-0.39, 0.29) is 5.78 Å². The fourth-order valence-corrected chi connectivity index (χ4v) is 3.00. The Bertz CT molecular complexity index is 717. The van der Waals surface area contributed by atoms with E-state index in [0.717, 1.165) is 36.5 Å². The zero-order valence-corrected chi connectivity index (χ0v) is 14.4. The van der Waals surface area contributed by atoms with Gasteiger partial charge in [0.1, 0.15) is 0 Å². The normalized spacial score (nSPS) is 17.2. The van der Waals surface area contributed by atoms with Crippen LogP contribution >= 0.6 is 0 Å². The molecule has 1 aliphatic heterocycles. The molecule has 0 aromatic heterocycles. The summed E-state index contributed by atoms with van der Waals surface area (Å²) >= 11 is 0. The van der Waals surface area contributed by atoms with E-state index in [0.29, 0.717) is 6.42 Å². The van der Waals surface area contributed by atoms with Crippen LogP contribution in [0, 0.1) is 0 Å². The van der Waals surface area contributed by atoms with Crippen molar-refractivity contribution >= 4 is 17.5 Å². The van der Waals surface area contributed by atoms with Crippen LogP contribution in [0.1, 0.15) is 17.5 Å². The SMILES string of the molecule is CN(C)c1ccc(/C=C2\CN(Cc3ccccc3)CCC2=O)cc1. The Morgan fingerprint density at radius 1 is 1.04 bits per heavy atom. The van der Waals surface area contributed by atoms with Crippen LogP contribution in [-0.4, -0.2) is 37.9 Å². The maximum atomic E-state index is 12.3. The Morgan fingerprint density at radius 3 is 2.42 bits per heavy atom. The molecule has 2 aromatic rings. The van der Waals surface area contributed by atoms with E-state index in [4.69, 9.17) is 0 Å². The topological polar surface area (TPSA) is 23.6 Å². The first-order valence-corrected chi connectivity index (χ1v) is 8.39. The molecule has 0 atom stereocenters. The number of piperidine rings is 1. The molecule has 124 valence electrons. The van der Waals surface area contributed by atoms with Gasteiger partial charge in [0, 0.05) is 51.4 Å². The van der Waals surface area contributed by atoms with E-state index in [1.54, 1.807) is 0 Å². The Balaban J connectivity index is 1.72. The van der Waals surface area contributed by atoms with Crippen LogP contribution in [-0.2, 0) is 11.3 Å². The van der Waals surface area contributed by atoms with Gasteiger partial charge in [0.25, 0.3) is 0 Å². The zero-order valence-electron chi connectivity index (χ0n) is 14.4. The number of nitrogens with zero attached hydrogens (tertiary/aromatic N) is 2. The number of ketones is 1. The molecule has 1 saturated heterocycles. The van der Waals surface area contributed by atoms with Crippen LogP contribution in [0.3, 0.4) is 0 Å². The van der Waals surface area contributed by atoms with E-state index in [1.807, 2.05) is 26.2 Å². The molecular weight excluding hydrogens is 296 g/mol. The van der Waals surface area contributed by atoms with Gasteiger partial charge in [0.05, 0.1) is 0 Å². The van der Waals surface area contributed by atoms with Gasteiger partial charge in [-0.05, 0) is 29.3 Å². The molecule has 3 nitrogen and oxygen atoms in total. The lowest BCUT2D eigenvalue weighted by Crippen LogP contribution is -2.35. The first kappa shape index (κ1) is 16.5. The van der Waals surface area contributed by atoms with Crippen molar-refractivity contribution in [1.29, 1.82) is 0 Å². The van der Waals surface area contributed by atoms with Crippen molar-refractivity contribution in [1.82, 2.24) is 4.90 Å². The molecule has 0 radical (unpaired) electrons. The van der Waals surface area contributed by atoms with Crippen molar-refractivity contribution in [3.63, 3.8) is 0 Å². The Hall–Kier alpha value is -2.39. The van der Waals surface area contributed by atoms with Crippen LogP contribution in [0.15, 0.2) is 60.2 Å². The van der Waals surface area contributed by atoms with E-state index >= 15 is 0 Å². The summed E-state index contributed by atoms with van der Waals surface area (Å²) in [7, 11) is 4.05. The molecule has 0 aliphatic carbocycles. The van der Waals surface area contributed by atoms with Gasteiger partial charge in [0.15, 0.2) is 5.78 Å². The zero-order chi connectivity index (χ0) is 16.9. The van der Waals surface area contributed by atoms with Crippen LogP contribution in [0.25, 0.3) is 6.08 Å². The number of anilines is 1. The van der Waals surface area contributed by atoms with Crippen molar-refractivity contribution in [2.75, 3.05) is 32.1 Å². The van der Waals surface area contributed by atoms with Crippen molar-refractivity contribution in [3.8, 4) is 0 Å². The van der Waals surface area contributed by atoms with Gasteiger partial charge in [0.2, 0.25) is 0 Å². The second-order valence-corrected chi connectivity index (χ2v) is 6.52. The molecular formula is C21H24N2O. The predicted octanol–water partition coefficient (Wildman–Crippen LogP) is 3.61. The highest BCUT2D eigenvalue weighted by Gasteiger charge is 2.21. The summed E-state index contributed by atoms with van der Waals surface area (Å²) in [5.41, 5.74) is 4.46. The second-order valence-electron chi connectivity index (χ2n) is 6.52. The third kappa shape index (κ3) is 4.12. The molecule has 0 unspecified atom stereocenters. The fraction of sp³-hybridized carbons (Fsp3) is 0.286. The molecule has 2 aromatic carbocycles. The second kappa shape index (κ2) is 7.45.